The van der Waals surface area contributed by atoms with Crippen LogP contribution in [0.4, 0.5) is 0 Å². The lowest BCUT2D eigenvalue weighted by molar-refractivity contribution is 0.326. The van der Waals surface area contributed by atoms with Crippen LogP contribution in [0.25, 0.3) is 22.5 Å². The van der Waals surface area contributed by atoms with Crippen molar-refractivity contribution in [1.82, 2.24) is 10.2 Å². The molecule has 2 heterocycles. The van der Waals surface area contributed by atoms with Crippen LogP contribution in [0.2, 0.25) is 0 Å². The van der Waals surface area contributed by atoms with E-state index in [1.807, 2.05) is 18.2 Å². The fourth-order valence-electron chi connectivity index (χ4n) is 3.03. The molecule has 0 saturated heterocycles. The molecule has 1 N–H and O–H groups in total. The molecular formula is C19H18N2O. The van der Waals surface area contributed by atoms with Crippen molar-refractivity contribution < 1.29 is 4.74 Å². The van der Waals surface area contributed by atoms with Gasteiger partial charge >= 0.3 is 0 Å². The van der Waals surface area contributed by atoms with Crippen molar-refractivity contribution in [3.63, 3.8) is 0 Å². The number of hydrogen-bond donors (Lipinski definition) is 1. The summed E-state index contributed by atoms with van der Waals surface area (Å²) in [7, 11) is 0. The molecule has 22 heavy (non-hydrogen) atoms. The lowest BCUT2D eigenvalue weighted by atomic mass is 9.98. The standard InChI is InChI=1S/C19H18N2O/c1-12-10-16-17(11-13(12)2)22-9-8-15-18(20-21-19(15)16)14-6-4-3-5-7-14/h3-7,10-11H,8-9H2,1-2H3,(H,20,21). The Kier molecular flexibility index (Phi) is 3.00. The second kappa shape index (κ2) is 5.02. The number of benzene rings is 2. The Balaban J connectivity index is 1.92. The minimum absolute atomic E-state index is 0.682. The van der Waals surface area contributed by atoms with Crippen LogP contribution in [-0.2, 0) is 6.42 Å². The molecule has 0 unspecified atom stereocenters. The maximum absolute atomic E-state index is 5.97. The Morgan fingerprint density at radius 2 is 1.82 bits per heavy atom. The number of aromatic nitrogens is 2. The normalized spacial score (nSPS) is 13.0. The lowest BCUT2D eigenvalue weighted by Gasteiger charge is -2.10. The first kappa shape index (κ1) is 13.1. The van der Waals surface area contributed by atoms with Gasteiger partial charge in [-0.1, -0.05) is 30.3 Å². The number of H-pyrrole nitrogens is 1. The van der Waals surface area contributed by atoms with E-state index in [4.69, 9.17) is 4.74 Å². The van der Waals surface area contributed by atoms with Crippen LogP contribution >= 0.6 is 0 Å². The van der Waals surface area contributed by atoms with E-state index in [2.05, 4.69) is 48.3 Å². The number of hydrogen-bond acceptors (Lipinski definition) is 2. The Labute approximate surface area is 130 Å². The molecule has 0 bridgehead atoms. The van der Waals surface area contributed by atoms with Crippen molar-refractivity contribution in [2.45, 2.75) is 20.3 Å². The van der Waals surface area contributed by atoms with E-state index in [-0.39, 0.29) is 0 Å². The van der Waals surface area contributed by atoms with Gasteiger partial charge in [-0.15, -0.1) is 0 Å². The van der Waals surface area contributed by atoms with Crippen LogP contribution in [0.5, 0.6) is 5.75 Å². The van der Waals surface area contributed by atoms with Gasteiger partial charge in [0.25, 0.3) is 0 Å². The van der Waals surface area contributed by atoms with Gasteiger partial charge in [0.15, 0.2) is 0 Å². The summed E-state index contributed by atoms with van der Waals surface area (Å²) in [6.45, 7) is 4.93. The highest BCUT2D eigenvalue weighted by Gasteiger charge is 2.22. The summed E-state index contributed by atoms with van der Waals surface area (Å²) < 4.78 is 5.97. The first-order chi connectivity index (χ1) is 10.7. The Hall–Kier alpha value is -2.55. The second-order valence-corrected chi connectivity index (χ2v) is 5.82. The first-order valence-electron chi connectivity index (χ1n) is 7.61. The van der Waals surface area contributed by atoms with Crippen molar-refractivity contribution in [3.8, 4) is 28.3 Å². The number of nitrogens with one attached hydrogen (secondary N) is 1. The summed E-state index contributed by atoms with van der Waals surface area (Å²) >= 11 is 0. The summed E-state index contributed by atoms with van der Waals surface area (Å²) in [6.07, 6.45) is 0.864. The van der Waals surface area contributed by atoms with E-state index in [0.717, 1.165) is 34.7 Å². The minimum atomic E-state index is 0.682. The number of aryl methyl sites for hydroxylation is 2. The molecule has 1 aromatic heterocycles. The molecular weight excluding hydrogens is 272 g/mol. The molecule has 0 fully saturated rings. The van der Waals surface area contributed by atoms with Gasteiger partial charge < -0.3 is 4.74 Å². The van der Waals surface area contributed by atoms with Crippen molar-refractivity contribution >= 4 is 0 Å². The van der Waals surface area contributed by atoms with Crippen LogP contribution in [0.3, 0.4) is 0 Å². The number of nitrogens with zero attached hydrogens (tertiary/aromatic N) is 1. The molecule has 0 aliphatic carbocycles. The first-order valence-corrected chi connectivity index (χ1v) is 7.61. The SMILES string of the molecule is Cc1cc2c(cc1C)-c1[nH]nc(-c3ccccc3)c1CCO2. The van der Waals surface area contributed by atoms with Crippen molar-refractivity contribution in [2.75, 3.05) is 6.61 Å². The highest BCUT2D eigenvalue weighted by atomic mass is 16.5. The molecule has 2 aromatic carbocycles. The number of rotatable bonds is 1. The highest BCUT2D eigenvalue weighted by molar-refractivity contribution is 5.78. The van der Waals surface area contributed by atoms with Crippen LogP contribution in [0.1, 0.15) is 16.7 Å². The zero-order valence-corrected chi connectivity index (χ0v) is 12.8. The quantitative estimate of drug-likeness (QED) is 0.725. The van der Waals surface area contributed by atoms with Gasteiger partial charge in [0.05, 0.1) is 18.0 Å². The lowest BCUT2D eigenvalue weighted by Crippen LogP contribution is -2.00. The monoisotopic (exact) mass is 290 g/mol. The average molecular weight is 290 g/mol. The van der Waals surface area contributed by atoms with Crippen LogP contribution < -0.4 is 4.74 Å². The van der Waals surface area contributed by atoms with E-state index in [1.165, 1.54) is 16.7 Å². The molecule has 4 rings (SSSR count). The summed E-state index contributed by atoms with van der Waals surface area (Å²) in [5.41, 5.74) is 8.15. The van der Waals surface area contributed by atoms with Gasteiger partial charge in [-0.25, -0.2) is 0 Å². The minimum Gasteiger partial charge on any atom is -0.493 e. The van der Waals surface area contributed by atoms with Crippen LogP contribution in [0.15, 0.2) is 42.5 Å². The molecule has 3 heteroatoms. The molecule has 110 valence electrons. The van der Waals surface area contributed by atoms with E-state index >= 15 is 0 Å². The number of aromatic amines is 1. The topological polar surface area (TPSA) is 37.9 Å². The summed E-state index contributed by atoms with van der Waals surface area (Å²) in [5, 5.41) is 7.82. The summed E-state index contributed by atoms with van der Waals surface area (Å²) in [4.78, 5) is 0. The zero-order valence-electron chi connectivity index (χ0n) is 12.8. The maximum atomic E-state index is 5.97. The van der Waals surface area contributed by atoms with Crippen LogP contribution in [-0.4, -0.2) is 16.8 Å². The van der Waals surface area contributed by atoms with Crippen molar-refractivity contribution in [1.29, 1.82) is 0 Å². The van der Waals surface area contributed by atoms with Gasteiger partial charge in [-0.2, -0.15) is 5.10 Å². The van der Waals surface area contributed by atoms with E-state index < -0.39 is 0 Å². The Morgan fingerprint density at radius 1 is 1.05 bits per heavy atom. The number of ether oxygens (including phenoxy) is 1. The van der Waals surface area contributed by atoms with Gasteiger partial charge in [0.2, 0.25) is 0 Å². The largest absolute Gasteiger partial charge is 0.493 e. The summed E-state index contributed by atoms with van der Waals surface area (Å²) in [6, 6.07) is 14.6. The predicted molar refractivity (Wildman–Crippen MR) is 88.1 cm³/mol. The highest BCUT2D eigenvalue weighted by Crippen LogP contribution is 2.39. The van der Waals surface area contributed by atoms with Gasteiger partial charge in [-0.3, -0.25) is 5.10 Å². The number of fused-ring (bicyclic) bond motifs is 3. The van der Waals surface area contributed by atoms with Crippen LogP contribution in [0, 0.1) is 13.8 Å². The van der Waals surface area contributed by atoms with Gasteiger partial charge in [-0.05, 0) is 37.1 Å². The molecule has 3 aromatic rings. The molecule has 1 aliphatic heterocycles. The molecule has 0 saturated carbocycles. The Bertz CT molecular complexity index is 834. The molecule has 3 nitrogen and oxygen atoms in total. The predicted octanol–water partition coefficient (Wildman–Crippen LogP) is 4.30. The molecule has 0 atom stereocenters. The van der Waals surface area contributed by atoms with Gasteiger partial charge in [0, 0.05) is 23.1 Å². The van der Waals surface area contributed by atoms with Gasteiger partial charge in [0.1, 0.15) is 5.75 Å². The molecule has 0 amide bonds. The van der Waals surface area contributed by atoms with E-state index in [1.54, 1.807) is 0 Å². The van der Waals surface area contributed by atoms with E-state index in [0.29, 0.717) is 6.61 Å². The Morgan fingerprint density at radius 3 is 2.64 bits per heavy atom. The van der Waals surface area contributed by atoms with E-state index in [9.17, 15) is 0 Å². The average Bonchev–Trinajstić information content (AvgIpc) is 2.87. The fourth-order valence-corrected chi connectivity index (χ4v) is 3.03. The molecule has 0 spiro atoms. The second-order valence-electron chi connectivity index (χ2n) is 5.82. The fraction of sp³-hybridized carbons (Fsp3) is 0.211. The third kappa shape index (κ3) is 2.01. The maximum Gasteiger partial charge on any atom is 0.128 e. The molecule has 0 radical (unpaired) electrons. The molecule has 1 aliphatic rings. The third-order valence-electron chi connectivity index (χ3n) is 4.39. The van der Waals surface area contributed by atoms with Crippen molar-refractivity contribution in [2.24, 2.45) is 0 Å². The third-order valence-corrected chi connectivity index (χ3v) is 4.39. The zero-order chi connectivity index (χ0) is 15.1. The summed E-state index contributed by atoms with van der Waals surface area (Å²) in [5.74, 6) is 0.949. The van der Waals surface area contributed by atoms with Crippen molar-refractivity contribution in [3.05, 3.63) is 59.2 Å². The smallest absolute Gasteiger partial charge is 0.128 e.